The third-order valence-corrected chi connectivity index (χ3v) is 7.38. The zero-order valence-electron chi connectivity index (χ0n) is 20.3. The van der Waals surface area contributed by atoms with Crippen LogP contribution in [0, 0.1) is 10.7 Å². The number of ether oxygens (including phenoxy) is 1. The fourth-order valence-corrected chi connectivity index (χ4v) is 4.18. The first kappa shape index (κ1) is 32.5. The highest BCUT2D eigenvalue weighted by Gasteiger charge is 2.11. The maximum Gasteiger partial charge on any atom is 0.360 e. The summed E-state index contributed by atoms with van der Waals surface area (Å²) in [6, 6.07) is 24.4. The molecule has 198 valence electrons. The molecule has 0 atom stereocenters. The molecule has 0 saturated heterocycles. The molecule has 4 aromatic rings. The predicted molar refractivity (Wildman–Crippen MR) is 178 cm³/mol. The van der Waals surface area contributed by atoms with E-state index < -0.39 is 5.97 Å². The van der Waals surface area contributed by atoms with Crippen molar-refractivity contribution >= 4 is 89.7 Å². The summed E-state index contributed by atoms with van der Waals surface area (Å²) in [6.45, 7) is 3.12. The van der Waals surface area contributed by atoms with Crippen LogP contribution in [0.3, 0.4) is 0 Å². The van der Waals surface area contributed by atoms with Gasteiger partial charge in [0.25, 0.3) is 0 Å². The highest BCUT2D eigenvalue weighted by atomic mass is 127. The maximum absolute atomic E-state index is 11.4. The lowest BCUT2D eigenvalue weighted by Gasteiger charge is -2.00. The van der Waals surface area contributed by atoms with Gasteiger partial charge in [0.05, 0.1) is 25.9 Å². The van der Waals surface area contributed by atoms with Gasteiger partial charge in [0, 0.05) is 21.0 Å². The molecule has 8 nitrogen and oxygen atoms in total. The Hall–Kier alpha value is -1.75. The minimum Gasteiger partial charge on any atom is -0.461 e. The van der Waals surface area contributed by atoms with Crippen LogP contribution in [0.2, 0.25) is 0 Å². The molecule has 0 aliphatic carbocycles. The smallest absolute Gasteiger partial charge is 0.360 e. The van der Waals surface area contributed by atoms with Crippen molar-refractivity contribution in [3.05, 3.63) is 123 Å². The standard InChI is InChI=1S/C12H12IN3O2.C7H6BrI.C7H6IN3/c1-2-18-12(17)11-8-16(15-14-11)7-9-3-5-10(13)6-4-9;8-5-6-1-3-7(9)4-2-6;8-7-3-1-6(2-4-7)5-10-11-9/h3-6,8H,2,7H2,1H3;1-4H,5H2;1-4H,5H2. The SMILES string of the molecule is BrCc1ccc(I)cc1.CCOC(=O)c1cn(Cc2ccc(I)cc2)nn1.[N-]=[N+]=NCc1ccc(I)cc1. The van der Waals surface area contributed by atoms with Crippen LogP contribution in [-0.4, -0.2) is 27.6 Å². The first-order chi connectivity index (χ1) is 18.3. The highest BCUT2D eigenvalue weighted by Crippen LogP contribution is 2.10. The molecular weight excluding hydrogens is 889 g/mol. The predicted octanol–water partition coefficient (Wildman–Crippen LogP) is 8.40. The number of hydrogen-bond donors (Lipinski definition) is 0. The van der Waals surface area contributed by atoms with Gasteiger partial charge in [-0.05, 0) is 133 Å². The first-order valence-electron chi connectivity index (χ1n) is 11.2. The van der Waals surface area contributed by atoms with Gasteiger partial charge in [0.2, 0.25) is 0 Å². The lowest BCUT2D eigenvalue weighted by molar-refractivity contribution is 0.0519. The van der Waals surface area contributed by atoms with Crippen LogP contribution in [-0.2, 0) is 23.2 Å². The number of alkyl halides is 1. The van der Waals surface area contributed by atoms with Gasteiger partial charge in [0.15, 0.2) is 5.69 Å². The molecule has 0 radical (unpaired) electrons. The fourth-order valence-electron chi connectivity index (χ4n) is 2.73. The molecule has 1 aromatic heterocycles. The zero-order chi connectivity index (χ0) is 27.8. The Bertz CT molecular complexity index is 1310. The Morgan fingerprint density at radius 2 is 1.42 bits per heavy atom. The van der Waals surface area contributed by atoms with Crippen molar-refractivity contribution in [1.29, 1.82) is 0 Å². The molecule has 0 spiro atoms. The van der Waals surface area contributed by atoms with Crippen molar-refractivity contribution < 1.29 is 9.53 Å². The number of halogens is 4. The second-order valence-electron chi connectivity index (χ2n) is 7.42. The topological polar surface area (TPSA) is 106 Å². The van der Waals surface area contributed by atoms with Gasteiger partial charge in [0.1, 0.15) is 0 Å². The van der Waals surface area contributed by atoms with Crippen molar-refractivity contribution in [2.45, 2.75) is 25.3 Å². The van der Waals surface area contributed by atoms with Crippen LogP contribution >= 0.6 is 83.7 Å². The zero-order valence-corrected chi connectivity index (χ0v) is 28.4. The van der Waals surface area contributed by atoms with Crippen LogP contribution in [0.15, 0.2) is 84.1 Å². The van der Waals surface area contributed by atoms with Crippen molar-refractivity contribution in [3.8, 4) is 0 Å². The van der Waals surface area contributed by atoms with E-state index in [2.05, 4.69) is 128 Å². The van der Waals surface area contributed by atoms with Gasteiger partial charge in [-0.25, -0.2) is 9.48 Å². The minimum atomic E-state index is -0.439. The molecule has 4 rings (SSSR count). The third-order valence-electron chi connectivity index (χ3n) is 4.58. The van der Waals surface area contributed by atoms with Crippen LogP contribution in [0.1, 0.15) is 34.1 Å². The van der Waals surface area contributed by atoms with Crippen molar-refractivity contribution in [3.63, 3.8) is 0 Å². The Morgan fingerprint density at radius 3 is 1.89 bits per heavy atom. The molecule has 0 unspecified atom stereocenters. The summed E-state index contributed by atoms with van der Waals surface area (Å²) < 4.78 is 10.1. The average Bonchev–Trinajstić information content (AvgIpc) is 3.40. The second-order valence-corrected chi connectivity index (χ2v) is 11.7. The van der Waals surface area contributed by atoms with E-state index in [1.807, 2.05) is 48.5 Å². The lowest BCUT2D eigenvalue weighted by Crippen LogP contribution is -2.05. The Labute approximate surface area is 271 Å². The van der Waals surface area contributed by atoms with E-state index >= 15 is 0 Å². The molecule has 0 aliphatic rings. The number of aromatic nitrogens is 3. The molecular formula is C26H24BrI3N6O2. The quantitative estimate of drug-likeness (QED) is 0.0464. The summed E-state index contributed by atoms with van der Waals surface area (Å²) in [5, 5.41) is 12.1. The number of carbonyl (C=O) groups is 1. The Balaban J connectivity index is 0.000000217. The lowest BCUT2D eigenvalue weighted by atomic mass is 10.2. The van der Waals surface area contributed by atoms with Crippen LogP contribution in [0.25, 0.3) is 10.4 Å². The summed E-state index contributed by atoms with van der Waals surface area (Å²) in [5.74, 6) is -0.439. The van der Waals surface area contributed by atoms with Gasteiger partial charge in [-0.15, -0.1) is 5.10 Å². The number of esters is 1. The van der Waals surface area contributed by atoms with E-state index in [9.17, 15) is 4.79 Å². The van der Waals surface area contributed by atoms with E-state index in [4.69, 9.17) is 10.3 Å². The minimum absolute atomic E-state index is 0.238. The van der Waals surface area contributed by atoms with E-state index in [0.29, 0.717) is 19.7 Å². The highest BCUT2D eigenvalue weighted by molar-refractivity contribution is 14.1. The Kier molecular flexibility index (Phi) is 15.8. The summed E-state index contributed by atoms with van der Waals surface area (Å²) in [4.78, 5) is 14.1. The molecule has 3 aromatic carbocycles. The summed E-state index contributed by atoms with van der Waals surface area (Å²) in [7, 11) is 0. The second kappa shape index (κ2) is 18.5. The van der Waals surface area contributed by atoms with E-state index in [1.165, 1.54) is 16.3 Å². The van der Waals surface area contributed by atoms with E-state index in [-0.39, 0.29) is 5.69 Å². The largest absolute Gasteiger partial charge is 0.461 e. The van der Waals surface area contributed by atoms with E-state index in [0.717, 1.165) is 16.5 Å². The molecule has 0 fully saturated rings. The number of hydrogen-bond acceptors (Lipinski definition) is 5. The summed E-state index contributed by atoms with van der Waals surface area (Å²) in [5.41, 5.74) is 11.8. The number of nitrogens with zero attached hydrogens (tertiary/aromatic N) is 6. The van der Waals surface area contributed by atoms with Gasteiger partial charge < -0.3 is 4.74 Å². The number of benzene rings is 3. The number of carbonyl (C=O) groups excluding carboxylic acids is 1. The Morgan fingerprint density at radius 1 is 0.921 bits per heavy atom. The van der Waals surface area contributed by atoms with E-state index in [1.54, 1.807) is 17.8 Å². The van der Waals surface area contributed by atoms with Gasteiger partial charge in [-0.3, -0.25) is 0 Å². The van der Waals surface area contributed by atoms with Gasteiger partial charge in [-0.2, -0.15) is 0 Å². The van der Waals surface area contributed by atoms with Crippen molar-refractivity contribution in [2.75, 3.05) is 6.61 Å². The molecule has 0 saturated carbocycles. The van der Waals surface area contributed by atoms with Crippen LogP contribution < -0.4 is 0 Å². The first-order valence-corrected chi connectivity index (χ1v) is 15.6. The third kappa shape index (κ3) is 12.9. The molecule has 12 heteroatoms. The average molecular weight is 913 g/mol. The van der Waals surface area contributed by atoms with Gasteiger partial charge in [-0.1, -0.05) is 62.7 Å². The molecule has 0 N–H and O–H groups in total. The van der Waals surface area contributed by atoms with Crippen molar-refractivity contribution in [2.24, 2.45) is 5.11 Å². The normalized spacial score (nSPS) is 9.71. The van der Waals surface area contributed by atoms with Gasteiger partial charge >= 0.3 is 5.97 Å². The maximum atomic E-state index is 11.4. The number of azide groups is 1. The van der Waals surface area contributed by atoms with Crippen LogP contribution in [0.5, 0.6) is 0 Å². The fraction of sp³-hybridized carbons (Fsp3) is 0.192. The van der Waals surface area contributed by atoms with Crippen molar-refractivity contribution in [1.82, 2.24) is 15.0 Å². The monoisotopic (exact) mass is 912 g/mol. The molecule has 0 bridgehead atoms. The number of rotatable bonds is 7. The molecule has 38 heavy (non-hydrogen) atoms. The molecule has 0 aliphatic heterocycles. The summed E-state index contributed by atoms with van der Waals surface area (Å²) >= 11 is 10.2. The molecule has 0 amide bonds. The molecule has 1 heterocycles. The summed E-state index contributed by atoms with van der Waals surface area (Å²) in [6.07, 6.45) is 1.59. The van der Waals surface area contributed by atoms with Crippen LogP contribution in [0.4, 0.5) is 0 Å².